The van der Waals surface area contributed by atoms with Gasteiger partial charge >= 0.3 is 0 Å². The number of nitrogens with zero attached hydrogens (tertiary/aromatic N) is 2. The van der Waals surface area contributed by atoms with Crippen molar-refractivity contribution in [3.8, 4) is 11.3 Å². The van der Waals surface area contributed by atoms with Gasteiger partial charge in [-0.05, 0) is 42.2 Å². The summed E-state index contributed by atoms with van der Waals surface area (Å²) < 4.78 is 6.26. The van der Waals surface area contributed by atoms with E-state index in [-0.39, 0.29) is 0 Å². The third-order valence-electron chi connectivity index (χ3n) is 4.22. The molecule has 4 rings (SSSR count). The minimum Gasteiger partial charge on any atom is -0.453 e. The first-order valence-corrected chi connectivity index (χ1v) is 7.88. The van der Waals surface area contributed by atoms with Gasteiger partial charge in [-0.1, -0.05) is 32.0 Å². The fraction of sp³-hybridized carbons (Fsp3) is 0.200. The van der Waals surface area contributed by atoms with Crippen LogP contribution in [0.25, 0.3) is 33.3 Å². The lowest BCUT2D eigenvalue weighted by molar-refractivity contribution is 0.657. The Labute approximate surface area is 135 Å². The summed E-state index contributed by atoms with van der Waals surface area (Å²) in [6.45, 7) is 6.39. The smallest absolute Gasteiger partial charge is 0.163 e. The molecule has 0 aliphatic heterocycles. The van der Waals surface area contributed by atoms with Crippen LogP contribution in [0.4, 0.5) is 0 Å². The molecule has 0 atom stereocenters. The number of furan rings is 1. The quantitative estimate of drug-likeness (QED) is 0.492. The molecule has 0 fully saturated rings. The van der Waals surface area contributed by atoms with E-state index in [1.165, 1.54) is 5.56 Å². The van der Waals surface area contributed by atoms with Crippen molar-refractivity contribution in [2.24, 2.45) is 0 Å². The van der Waals surface area contributed by atoms with Crippen LogP contribution < -0.4 is 0 Å². The molecule has 0 radical (unpaired) electrons. The van der Waals surface area contributed by atoms with Crippen molar-refractivity contribution >= 4 is 22.1 Å². The zero-order valence-electron chi connectivity index (χ0n) is 13.5. The molecule has 0 aliphatic rings. The molecule has 3 heteroatoms. The van der Waals surface area contributed by atoms with Gasteiger partial charge in [0.25, 0.3) is 0 Å². The van der Waals surface area contributed by atoms with Crippen LogP contribution in [0.1, 0.15) is 30.9 Å². The number of aromatic nitrogens is 2. The van der Waals surface area contributed by atoms with Crippen LogP contribution in [0.2, 0.25) is 0 Å². The van der Waals surface area contributed by atoms with Gasteiger partial charge < -0.3 is 4.42 Å². The summed E-state index contributed by atoms with van der Waals surface area (Å²) in [5.74, 6) is 0.403. The Hall–Kier alpha value is -2.68. The Morgan fingerprint density at radius 1 is 0.957 bits per heavy atom. The molecule has 4 aromatic rings. The van der Waals surface area contributed by atoms with Gasteiger partial charge in [0.1, 0.15) is 11.1 Å². The normalized spacial score (nSPS) is 11.7. The molecular formula is C20H18N2O. The maximum atomic E-state index is 6.26. The van der Waals surface area contributed by atoms with E-state index in [1.54, 1.807) is 0 Å². The SMILES string of the molecule is Cc1ccc(-c2ccnc3c2oc2c(C(C)C)cccc23)nc1. The lowest BCUT2D eigenvalue weighted by Crippen LogP contribution is -1.86. The van der Waals surface area contributed by atoms with Crippen LogP contribution in [-0.4, -0.2) is 9.97 Å². The van der Waals surface area contributed by atoms with Gasteiger partial charge in [0.2, 0.25) is 0 Å². The van der Waals surface area contributed by atoms with Crippen molar-refractivity contribution in [2.75, 3.05) is 0 Å². The van der Waals surface area contributed by atoms with E-state index in [9.17, 15) is 0 Å². The number of benzene rings is 1. The van der Waals surface area contributed by atoms with Crippen molar-refractivity contribution in [2.45, 2.75) is 26.7 Å². The second kappa shape index (κ2) is 5.20. The molecule has 0 N–H and O–H groups in total. The number of aryl methyl sites for hydroxylation is 1. The Kier molecular flexibility index (Phi) is 3.15. The fourth-order valence-electron chi connectivity index (χ4n) is 2.98. The lowest BCUT2D eigenvalue weighted by Gasteiger charge is -2.04. The van der Waals surface area contributed by atoms with Crippen molar-refractivity contribution in [3.63, 3.8) is 0 Å². The predicted molar refractivity (Wildman–Crippen MR) is 93.6 cm³/mol. The third-order valence-corrected chi connectivity index (χ3v) is 4.22. The highest BCUT2D eigenvalue weighted by Crippen LogP contribution is 2.36. The molecule has 23 heavy (non-hydrogen) atoms. The first-order chi connectivity index (χ1) is 11.1. The first-order valence-electron chi connectivity index (χ1n) is 7.88. The summed E-state index contributed by atoms with van der Waals surface area (Å²) in [6, 6.07) is 12.3. The molecule has 0 saturated heterocycles. The second-order valence-corrected chi connectivity index (χ2v) is 6.24. The third kappa shape index (κ3) is 2.20. The van der Waals surface area contributed by atoms with Crippen LogP contribution in [0.3, 0.4) is 0 Å². The van der Waals surface area contributed by atoms with E-state index < -0.39 is 0 Å². The van der Waals surface area contributed by atoms with E-state index in [2.05, 4.69) is 48.1 Å². The van der Waals surface area contributed by atoms with Gasteiger partial charge in [0.15, 0.2) is 5.58 Å². The van der Waals surface area contributed by atoms with Crippen molar-refractivity contribution < 1.29 is 4.42 Å². The molecule has 3 nitrogen and oxygen atoms in total. The Balaban J connectivity index is 2.06. The number of pyridine rings is 2. The average Bonchev–Trinajstić information content (AvgIpc) is 2.94. The molecule has 114 valence electrons. The van der Waals surface area contributed by atoms with Crippen molar-refractivity contribution in [1.29, 1.82) is 0 Å². The summed E-state index contributed by atoms with van der Waals surface area (Å²) >= 11 is 0. The molecule has 1 aromatic carbocycles. The lowest BCUT2D eigenvalue weighted by atomic mass is 10.0. The Morgan fingerprint density at radius 2 is 1.83 bits per heavy atom. The monoisotopic (exact) mass is 302 g/mol. The Morgan fingerprint density at radius 3 is 2.57 bits per heavy atom. The molecule has 0 amide bonds. The van der Waals surface area contributed by atoms with Crippen LogP contribution in [0, 0.1) is 6.92 Å². The predicted octanol–water partition coefficient (Wildman–Crippen LogP) is 5.47. The van der Waals surface area contributed by atoms with Crippen LogP contribution in [0.5, 0.6) is 0 Å². The zero-order valence-corrected chi connectivity index (χ0v) is 13.5. The second-order valence-electron chi connectivity index (χ2n) is 6.24. The highest BCUT2D eigenvalue weighted by atomic mass is 16.3. The highest BCUT2D eigenvalue weighted by Gasteiger charge is 2.17. The van der Waals surface area contributed by atoms with E-state index >= 15 is 0 Å². The fourth-order valence-corrected chi connectivity index (χ4v) is 2.98. The van der Waals surface area contributed by atoms with Gasteiger partial charge in [-0.2, -0.15) is 0 Å². The molecule has 3 heterocycles. The van der Waals surface area contributed by atoms with Gasteiger partial charge in [0.05, 0.1) is 5.69 Å². The molecule has 0 saturated carbocycles. The van der Waals surface area contributed by atoms with E-state index in [0.29, 0.717) is 5.92 Å². The summed E-state index contributed by atoms with van der Waals surface area (Å²) in [4.78, 5) is 9.09. The molecule has 0 unspecified atom stereocenters. The number of para-hydroxylation sites is 1. The molecule has 0 spiro atoms. The minimum atomic E-state index is 0.403. The maximum absolute atomic E-state index is 6.26. The van der Waals surface area contributed by atoms with E-state index in [4.69, 9.17) is 4.42 Å². The summed E-state index contributed by atoms with van der Waals surface area (Å²) in [5.41, 5.74) is 6.90. The summed E-state index contributed by atoms with van der Waals surface area (Å²) in [7, 11) is 0. The van der Waals surface area contributed by atoms with Crippen molar-refractivity contribution in [1.82, 2.24) is 9.97 Å². The Bertz CT molecular complexity index is 997. The van der Waals surface area contributed by atoms with Gasteiger partial charge in [-0.3, -0.25) is 9.97 Å². The summed E-state index contributed by atoms with van der Waals surface area (Å²) in [6.07, 6.45) is 3.71. The van der Waals surface area contributed by atoms with Gasteiger partial charge in [-0.25, -0.2) is 0 Å². The van der Waals surface area contributed by atoms with E-state index in [1.807, 2.05) is 31.5 Å². The molecule has 0 aliphatic carbocycles. The number of rotatable bonds is 2. The average molecular weight is 302 g/mol. The zero-order chi connectivity index (χ0) is 16.0. The standard InChI is InChI=1S/C20H18N2O/c1-12(2)14-5-4-6-16-18-20(23-19(14)16)15(9-10-21-18)17-8-7-13(3)11-22-17/h4-12H,1-3H3. The number of fused-ring (bicyclic) bond motifs is 3. The number of hydrogen-bond acceptors (Lipinski definition) is 3. The molecule has 3 aromatic heterocycles. The highest BCUT2D eigenvalue weighted by molar-refractivity contribution is 6.07. The van der Waals surface area contributed by atoms with Crippen LogP contribution in [-0.2, 0) is 0 Å². The van der Waals surface area contributed by atoms with Crippen LogP contribution in [0.15, 0.2) is 53.2 Å². The van der Waals surface area contributed by atoms with Gasteiger partial charge in [0, 0.05) is 23.3 Å². The largest absolute Gasteiger partial charge is 0.453 e. The van der Waals surface area contributed by atoms with E-state index in [0.717, 1.165) is 38.9 Å². The molecule has 0 bridgehead atoms. The molecular weight excluding hydrogens is 284 g/mol. The van der Waals surface area contributed by atoms with Gasteiger partial charge in [-0.15, -0.1) is 0 Å². The summed E-state index contributed by atoms with van der Waals surface area (Å²) in [5, 5.41) is 1.07. The first kappa shape index (κ1) is 13.9. The van der Waals surface area contributed by atoms with Crippen LogP contribution >= 0.6 is 0 Å². The maximum Gasteiger partial charge on any atom is 0.163 e. The number of hydrogen-bond donors (Lipinski definition) is 0. The topological polar surface area (TPSA) is 38.9 Å². The minimum absolute atomic E-state index is 0.403. The van der Waals surface area contributed by atoms with Crippen molar-refractivity contribution in [3.05, 3.63) is 59.9 Å².